The summed E-state index contributed by atoms with van der Waals surface area (Å²) >= 11 is 0. The monoisotopic (exact) mass is 275 g/mol. The molecule has 0 radical (unpaired) electrons. The van der Waals surface area contributed by atoms with Crippen LogP contribution in [0.15, 0.2) is 30.4 Å². The van der Waals surface area contributed by atoms with E-state index in [1.165, 1.54) is 11.1 Å². The Labute approximate surface area is 124 Å². The van der Waals surface area contributed by atoms with Gasteiger partial charge in [-0.15, -0.1) is 0 Å². The topological polar surface area (TPSA) is 21.3 Å². The molecule has 0 heterocycles. The molecule has 0 aliphatic carbocycles. The number of hydrogen-bond acceptors (Lipinski definition) is 2. The molecule has 0 aromatic heterocycles. The summed E-state index contributed by atoms with van der Waals surface area (Å²) in [5.74, 6) is 0.981. The van der Waals surface area contributed by atoms with Crippen LogP contribution < -0.4 is 10.1 Å². The SMILES string of the molecule is C=C(CNCCC)COc1cc(C)ccc1C(C)(C)C. The van der Waals surface area contributed by atoms with Gasteiger partial charge in [-0.2, -0.15) is 0 Å². The Hall–Kier alpha value is -1.28. The van der Waals surface area contributed by atoms with Crippen molar-refractivity contribution in [1.82, 2.24) is 5.32 Å². The van der Waals surface area contributed by atoms with Crippen molar-refractivity contribution < 1.29 is 4.74 Å². The van der Waals surface area contributed by atoms with Gasteiger partial charge < -0.3 is 10.1 Å². The maximum absolute atomic E-state index is 6.00. The molecule has 0 saturated carbocycles. The Morgan fingerprint density at radius 3 is 2.60 bits per heavy atom. The maximum Gasteiger partial charge on any atom is 0.123 e. The first-order valence-corrected chi connectivity index (χ1v) is 7.46. The smallest absolute Gasteiger partial charge is 0.123 e. The van der Waals surface area contributed by atoms with Crippen LogP contribution in [0, 0.1) is 6.92 Å². The van der Waals surface area contributed by atoms with Crippen molar-refractivity contribution in [2.75, 3.05) is 19.7 Å². The quantitative estimate of drug-likeness (QED) is 0.594. The van der Waals surface area contributed by atoms with Crippen LogP contribution in [0.2, 0.25) is 0 Å². The number of aryl methyl sites for hydroxylation is 1. The van der Waals surface area contributed by atoms with E-state index in [1.807, 2.05) is 0 Å². The van der Waals surface area contributed by atoms with Crippen LogP contribution in [0.1, 0.15) is 45.2 Å². The van der Waals surface area contributed by atoms with Crippen LogP contribution in [0.25, 0.3) is 0 Å². The van der Waals surface area contributed by atoms with Gasteiger partial charge in [0.1, 0.15) is 12.4 Å². The molecule has 20 heavy (non-hydrogen) atoms. The molecule has 2 heteroatoms. The number of hydrogen-bond donors (Lipinski definition) is 1. The fourth-order valence-electron chi connectivity index (χ4n) is 2.04. The Balaban J connectivity index is 2.67. The first kappa shape index (κ1) is 16.8. The van der Waals surface area contributed by atoms with Gasteiger partial charge in [0.05, 0.1) is 0 Å². The van der Waals surface area contributed by atoms with Crippen molar-refractivity contribution in [2.24, 2.45) is 0 Å². The van der Waals surface area contributed by atoms with E-state index in [0.29, 0.717) is 6.61 Å². The van der Waals surface area contributed by atoms with E-state index >= 15 is 0 Å². The van der Waals surface area contributed by atoms with Crippen molar-refractivity contribution in [3.05, 3.63) is 41.5 Å². The molecule has 0 atom stereocenters. The van der Waals surface area contributed by atoms with Gasteiger partial charge in [0.25, 0.3) is 0 Å². The molecule has 1 aromatic rings. The third kappa shape index (κ3) is 5.38. The van der Waals surface area contributed by atoms with Gasteiger partial charge in [-0.25, -0.2) is 0 Å². The summed E-state index contributed by atoms with van der Waals surface area (Å²) in [7, 11) is 0. The molecular formula is C18H29NO. The first-order chi connectivity index (χ1) is 9.34. The molecule has 0 saturated heterocycles. The van der Waals surface area contributed by atoms with Gasteiger partial charge in [-0.1, -0.05) is 46.4 Å². The number of ether oxygens (including phenoxy) is 1. The molecule has 0 bridgehead atoms. The van der Waals surface area contributed by atoms with E-state index in [1.54, 1.807) is 0 Å². The average Bonchev–Trinajstić information content (AvgIpc) is 2.35. The first-order valence-electron chi connectivity index (χ1n) is 7.46. The third-order valence-corrected chi connectivity index (χ3v) is 3.18. The molecule has 112 valence electrons. The Kier molecular flexibility index (Phi) is 6.28. The van der Waals surface area contributed by atoms with E-state index in [-0.39, 0.29) is 5.41 Å². The summed E-state index contributed by atoms with van der Waals surface area (Å²) in [4.78, 5) is 0. The van der Waals surface area contributed by atoms with Gasteiger partial charge in [0.2, 0.25) is 0 Å². The minimum atomic E-state index is 0.0881. The predicted molar refractivity (Wildman–Crippen MR) is 87.7 cm³/mol. The van der Waals surface area contributed by atoms with E-state index in [2.05, 4.69) is 64.7 Å². The molecular weight excluding hydrogens is 246 g/mol. The van der Waals surface area contributed by atoms with E-state index < -0.39 is 0 Å². The second-order valence-corrected chi connectivity index (χ2v) is 6.47. The molecule has 0 amide bonds. The lowest BCUT2D eigenvalue weighted by Crippen LogP contribution is -2.21. The zero-order valence-corrected chi connectivity index (χ0v) is 13.7. The molecule has 2 nitrogen and oxygen atoms in total. The highest BCUT2D eigenvalue weighted by atomic mass is 16.5. The summed E-state index contributed by atoms with van der Waals surface area (Å²) in [6.45, 7) is 17.4. The molecule has 0 aliphatic heterocycles. The van der Waals surface area contributed by atoms with Gasteiger partial charge in [-0.3, -0.25) is 0 Å². The molecule has 1 N–H and O–H groups in total. The van der Waals surface area contributed by atoms with E-state index in [4.69, 9.17) is 4.74 Å². The number of rotatable bonds is 7. The minimum absolute atomic E-state index is 0.0881. The maximum atomic E-state index is 6.00. The third-order valence-electron chi connectivity index (χ3n) is 3.18. The Morgan fingerprint density at radius 2 is 2.00 bits per heavy atom. The van der Waals surface area contributed by atoms with Crippen molar-refractivity contribution in [1.29, 1.82) is 0 Å². The highest BCUT2D eigenvalue weighted by molar-refractivity contribution is 5.41. The lowest BCUT2D eigenvalue weighted by molar-refractivity contribution is 0.337. The summed E-state index contributed by atoms with van der Waals surface area (Å²) in [6, 6.07) is 6.43. The van der Waals surface area contributed by atoms with Crippen molar-refractivity contribution in [2.45, 2.75) is 46.5 Å². The van der Waals surface area contributed by atoms with Gasteiger partial charge in [0, 0.05) is 6.54 Å². The lowest BCUT2D eigenvalue weighted by atomic mass is 9.86. The van der Waals surface area contributed by atoms with Crippen LogP contribution in [-0.2, 0) is 5.41 Å². The van der Waals surface area contributed by atoms with Crippen LogP contribution in [-0.4, -0.2) is 19.7 Å². The molecule has 0 fully saturated rings. The summed E-state index contributed by atoms with van der Waals surface area (Å²) < 4.78 is 6.00. The lowest BCUT2D eigenvalue weighted by Gasteiger charge is -2.23. The van der Waals surface area contributed by atoms with Crippen LogP contribution in [0.4, 0.5) is 0 Å². The molecule has 0 spiro atoms. The normalized spacial score (nSPS) is 11.4. The van der Waals surface area contributed by atoms with Crippen molar-refractivity contribution in [3.8, 4) is 5.75 Å². The number of benzene rings is 1. The van der Waals surface area contributed by atoms with Gasteiger partial charge >= 0.3 is 0 Å². The fraction of sp³-hybridized carbons (Fsp3) is 0.556. The average molecular weight is 275 g/mol. The van der Waals surface area contributed by atoms with Crippen molar-refractivity contribution >= 4 is 0 Å². The number of nitrogens with one attached hydrogen (secondary N) is 1. The summed E-state index contributed by atoms with van der Waals surface area (Å²) in [5.41, 5.74) is 3.64. The highest BCUT2D eigenvalue weighted by Crippen LogP contribution is 2.32. The predicted octanol–water partition coefficient (Wildman–Crippen LogP) is 4.23. The molecule has 0 aliphatic rings. The zero-order chi connectivity index (χ0) is 15.2. The fourth-order valence-corrected chi connectivity index (χ4v) is 2.04. The Bertz CT molecular complexity index is 443. The second-order valence-electron chi connectivity index (χ2n) is 6.47. The standard InChI is InChI=1S/C18H29NO/c1-7-10-19-12-15(3)13-20-17-11-14(2)8-9-16(17)18(4,5)6/h8-9,11,19H,3,7,10,12-13H2,1-2,4-6H3. The summed E-state index contributed by atoms with van der Waals surface area (Å²) in [5, 5.41) is 3.35. The zero-order valence-electron chi connectivity index (χ0n) is 13.7. The Morgan fingerprint density at radius 1 is 1.30 bits per heavy atom. The molecule has 1 aromatic carbocycles. The second kappa shape index (κ2) is 7.49. The van der Waals surface area contributed by atoms with Crippen LogP contribution in [0.5, 0.6) is 5.75 Å². The molecule has 0 unspecified atom stereocenters. The van der Waals surface area contributed by atoms with Crippen molar-refractivity contribution in [3.63, 3.8) is 0 Å². The highest BCUT2D eigenvalue weighted by Gasteiger charge is 2.19. The largest absolute Gasteiger partial charge is 0.489 e. The van der Waals surface area contributed by atoms with Crippen LogP contribution in [0.3, 0.4) is 0 Å². The minimum Gasteiger partial charge on any atom is -0.489 e. The van der Waals surface area contributed by atoms with E-state index in [9.17, 15) is 0 Å². The van der Waals surface area contributed by atoms with Gasteiger partial charge in [-0.05, 0) is 48.1 Å². The molecule has 1 rings (SSSR count). The van der Waals surface area contributed by atoms with E-state index in [0.717, 1.165) is 30.8 Å². The van der Waals surface area contributed by atoms with Gasteiger partial charge in [0.15, 0.2) is 0 Å². The van der Waals surface area contributed by atoms with Crippen LogP contribution >= 0.6 is 0 Å². The summed E-state index contributed by atoms with van der Waals surface area (Å²) in [6.07, 6.45) is 1.14.